The Labute approximate surface area is 164 Å². The molecule has 1 heterocycles. The average molecular weight is 377 g/mol. The fraction of sp³-hybridized carbons (Fsp3) is 0.304. The second kappa shape index (κ2) is 7.24. The summed E-state index contributed by atoms with van der Waals surface area (Å²) >= 11 is 0. The minimum Gasteiger partial charge on any atom is -0.465 e. The molecule has 1 amide bonds. The van der Waals surface area contributed by atoms with E-state index < -0.39 is 17.4 Å². The Balaban J connectivity index is 1.44. The van der Waals surface area contributed by atoms with Crippen molar-refractivity contribution in [2.24, 2.45) is 11.3 Å². The van der Waals surface area contributed by atoms with E-state index in [1.54, 1.807) is 36.4 Å². The van der Waals surface area contributed by atoms with E-state index in [-0.39, 0.29) is 11.9 Å². The number of carbonyl (C=O) groups excluding carboxylic acids is 2. The van der Waals surface area contributed by atoms with Gasteiger partial charge in [0.1, 0.15) is 0 Å². The van der Waals surface area contributed by atoms with Crippen LogP contribution in [0.15, 0.2) is 66.7 Å². The molecule has 2 fully saturated rings. The molecule has 0 bridgehead atoms. The normalized spacial score (nSPS) is 24.5. The van der Waals surface area contributed by atoms with Gasteiger partial charge in [0.2, 0.25) is 0 Å². The van der Waals surface area contributed by atoms with Crippen molar-refractivity contribution in [3.8, 4) is 0 Å². The number of carbonyl (C=O) groups is 2. The summed E-state index contributed by atoms with van der Waals surface area (Å²) in [4.78, 5) is 24.7. The van der Waals surface area contributed by atoms with Gasteiger partial charge in [-0.15, -0.1) is 0 Å². The Morgan fingerprint density at radius 2 is 1.93 bits per heavy atom. The lowest BCUT2D eigenvalue weighted by atomic mass is 9.75. The van der Waals surface area contributed by atoms with Gasteiger partial charge < -0.3 is 15.2 Å². The fourth-order valence-corrected chi connectivity index (χ4v) is 4.33. The molecule has 1 saturated carbocycles. The first-order valence-electron chi connectivity index (χ1n) is 9.45. The quantitative estimate of drug-likeness (QED) is 0.618. The van der Waals surface area contributed by atoms with Crippen molar-refractivity contribution >= 4 is 17.6 Å². The van der Waals surface area contributed by atoms with E-state index >= 15 is 0 Å². The van der Waals surface area contributed by atoms with Crippen LogP contribution in [0.3, 0.4) is 0 Å². The van der Waals surface area contributed by atoms with E-state index in [0.29, 0.717) is 30.7 Å². The highest BCUT2D eigenvalue weighted by atomic mass is 16.5. The van der Waals surface area contributed by atoms with E-state index in [4.69, 9.17) is 4.74 Å². The van der Waals surface area contributed by atoms with Gasteiger partial charge in [-0.2, -0.15) is 0 Å². The first kappa shape index (κ1) is 18.4. The highest BCUT2D eigenvalue weighted by molar-refractivity contribution is 5.94. The third-order valence-electron chi connectivity index (χ3n) is 5.81. The molecule has 5 heteroatoms. The van der Waals surface area contributed by atoms with E-state index in [2.05, 4.69) is 11.9 Å². The molecule has 3 atom stereocenters. The number of cyclic esters (lactones) is 1. The first-order chi connectivity index (χ1) is 13.5. The predicted molar refractivity (Wildman–Crippen MR) is 105 cm³/mol. The van der Waals surface area contributed by atoms with Crippen molar-refractivity contribution < 1.29 is 19.4 Å². The maximum Gasteiger partial charge on any atom is 0.313 e. The van der Waals surface area contributed by atoms with Gasteiger partial charge in [0.15, 0.2) is 6.10 Å². The molecule has 1 aliphatic carbocycles. The number of amides is 1. The maximum absolute atomic E-state index is 12.4. The fourth-order valence-electron chi connectivity index (χ4n) is 4.33. The Morgan fingerprint density at radius 1 is 1.21 bits per heavy atom. The molecule has 1 saturated heterocycles. The average Bonchev–Trinajstić information content (AvgIpc) is 3.17. The third-order valence-corrected chi connectivity index (χ3v) is 5.81. The Morgan fingerprint density at radius 3 is 2.64 bits per heavy atom. The van der Waals surface area contributed by atoms with Gasteiger partial charge in [0.25, 0.3) is 5.91 Å². The molecule has 4 rings (SSSR count). The highest BCUT2D eigenvalue weighted by Crippen LogP contribution is 2.52. The number of ether oxygens (including phenoxy) is 1. The topological polar surface area (TPSA) is 75.6 Å². The standard InChI is InChI=1S/C23H23NO4/c1-15-11-18-14-28-22(27)23(18,12-15)13-16-7-9-19(10-8-16)24-21(26)20(25)17-5-3-2-4-6-17/h2-10,18,20,25H,1,11-14H2,(H,24,26)/t18?,20-,23?/m0/s1. The molecule has 0 radical (unpaired) electrons. The van der Waals surface area contributed by atoms with Crippen LogP contribution < -0.4 is 5.32 Å². The SMILES string of the molecule is C=C1CC2COC(=O)C2(Cc2ccc(NC(=O)[C@@H](O)c3ccccc3)cc2)C1. The lowest BCUT2D eigenvalue weighted by Crippen LogP contribution is -2.31. The molecule has 2 aromatic carbocycles. The van der Waals surface area contributed by atoms with E-state index in [1.165, 1.54) is 0 Å². The summed E-state index contributed by atoms with van der Waals surface area (Å²) in [6.07, 6.45) is 0.907. The second-order valence-electron chi connectivity index (χ2n) is 7.76. The van der Waals surface area contributed by atoms with E-state index in [1.807, 2.05) is 18.2 Å². The highest BCUT2D eigenvalue weighted by Gasteiger charge is 2.55. The number of anilines is 1. The molecular weight excluding hydrogens is 354 g/mol. The minimum atomic E-state index is -1.22. The number of benzene rings is 2. The van der Waals surface area contributed by atoms with Crippen LogP contribution in [0.2, 0.25) is 0 Å². The van der Waals surface area contributed by atoms with Crippen LogP contribution in [0.25, 0.3) is 0 Å². The number of nitrogens with one attached hydrogen (secondary N) is 1. The Kier molecular flexibility index (Phi) is 4.77. The molecule has 5 nitrogen and oxygen atoms in total. The number of hydrogen-bond donors (Lipinski definition) is 2. The molecule has 144 valence electrons. The lowest BCUT2D eigenvalue weighted by Gasteiger charge is -2.24. The predicted octanol–water partition coefficient (Wildman–Crippen LogP) is 3.41. The van der Waals surface area contributed by atoms with Gasteiger partial charge in [-0.25, -0.2) is 0 Å². The molecular formula is C23H23NO4. The number of aliphatic hydroxyl groups excluding tert-OH is 1. The largest absolute Gasteiger partial charge is 0.465 e. The number of fused-ring (bicyclic) bond motifs is 1. The second-order valence-corrected chi connectivity index (χ2v) is 7.76. The third kappa shape index (κ3) is 3.34. The summed E-state index contributed by atoms with van der Waals surface area (Å²) < 4.78 is 5.32. The monoisotopic (exact) mass is 377 g/mol. The Hall–Kier alpha value is -2.92. The lowest BCUT2D eigenvalue weighted by molar-refractivity contribution is -0.146. The number of rotatable bonds is 5. The molecule has 2 aliphatic rings. The van der Waals surface area contributed by atoms with Crippen molar-refractivity contribution in [1.29, 1.82) is 0 Å². The zero-order valence-corrected chi connectivity index (χ0v) is 15.6. The van der Waals surface area contributed by atoms with Crippen LogP contribution in [-0.4, -0.2) is 23.6 Å². The van der Waals surface area contributed by atoms with Gasteiger partial charge in [0.05, 0.1) is 12.0 Å². The number of aliphatic hydroxyl groups is 1. The van der Waals surface area contributed by atoms with Crippen LogP contribution in [0.4, 0.5) is 5.69 Å². The molecule has 0 spiro atoms. The van der Waals surface area contributed by atoms with Gasteiger partial charge in [-0.3, -0.25) is 9.59 Å². The molecule has 28 heavy (non-hydrogen) atoms. The number of hydrogen-bond acceptors (Lipinski definition) is 4. The van der Waals surface area contributed by atoms with Crippen LogP contribution in [0.1, 0.15) is 30.1 Å². The van der Waals surface area contributed by atoms with Gasteiger partial charge in [-0.1, -0.05) is 54.6 Å². The first-order valence-corrected chi connectivity index (χ1v) is 9.45. The molecule has 2 unspecified atom stereocenters. The molecule has 2 N–H and O–H groups in total. The van der Waals surface area contributed by atoms with Crippen LogP contribution >= 0.6 is 0 Å². The summed E-state index contributed by atoms with van der Waals surface area (Å²) in [6.45, 7) is 4.54. The van der Waals surface area contributed by atoms with Gasteiger partial charge in [-0.05, 0) is 42.5 Å². The summed E-state index contributed by atoms with van der Waals surface area (Å²) in [6, 6.07) is 16.2. The van der Waals surface area contributed by atoms with E-state index in [9.17, 15) is 14.7 Å². The summed E-state index contributed by atoms with van der Waals surface area (Å²) in [5.74, 6) is -0.406. The zero-order valence-electron chi connectivity index (χ0n) is 15.6. The number of esters is 1. The van der Waals surface area contributed by atoms with E-state index in [0.717, 1.165) is 17.6 Å². The minimum absolute atomic E-state index is 0.125. The summed E-state index contributed by atoms with van der Waals surface area (Å²) in [7, 11) is 0. The van der Waals surface area contributed by atoms with Crippen molar-refractivity contribution in [3.63, 3.8) is 0 Å². The zero-order chi connectivity index (χ0) is 19.7. The Bertz CT molecular complexity index is 906. The van der Waals surface area contributed by atoms with Crippen LogP contribution in [0, 0.1) is 11.3 Å². The molecule has 1 aliphatic heterocycles. The van der Waals surface area contributed by atoms with Crippen molar-refractivity contribution in [2.75, 3.05) is 11.9 Å². The maximum atomic E-state index is 12.4. The van der Waals surface area contributed by atoms with Crippen molar-refractivity contribution in [3.05, 3.63) is 77.9 Å². The van der Waals surface area contributed by atoms with Crippen molar-refractivity contribution in [1.82, 2.24) is 0 Å². The molecule has 2 aromatic rings. The van der Waals surface area contributed by atoms with Gasteiger partial charge in [0, 0.05) is 11.6 Å². The number of allylic oxidation sites excluding steroid dienone is 1. The smallest absolute Gasteiger partial charge is 0.313 e. The van der Waals surface area contributed by atoms with Crippen LogP contribution in [-0.2, 0) is 20.7 Å². The summed E-state index contributed by atoms with van der Waals surface area (Å²) in [5.41, 5.74) is 2.77. The van der Waals surface area contributed by atoms with Crippen LogP contribution in [0.5, 0.6) is 0 Å². The summed E-state index contributed by atoms with van der Waals surface area (Å²) in [5, 5.41) is 12.9. The van der Waals surface area contributed by atoms with Crippen molar-refractivity contribution in [2.45, 2.75) is 25.4 Å². The van der Waals surface area contributed by atoms with Gasteiger partial charge >= 0.3 is 5.97 Å². The molecule has 0 aromatic heterocycles.